The molecule has 7 nitrogen and oxygen atoms in total. The minimum absolute atomic E-state index is 0.0469. The molecule has 1 aromatic carbocycles. The third-order valence-electron chi connectivity index (χ3n) is 5.94. The maximum atomic E-state index is 13.5. The smallest absolute Gasteiger partial charge is 0.259 e. The molecule has 7 heteroatoms. The summed E-state index contributed by atoms with van der Waals surface area (Å²) in [6.45, 7) is 6.40. The number of carbonyl (C=O) groups is 1. The zero-order valence-corrected chi connectivity index (χ0v) is 20.9. The van der Waals surface area contributed by atoms with Crippen molar-refractivity contribution in [1.82, 2.24) is 19.7 Å². The van der Waals surface area contributed by atoms with E-state index in [1.54, 1.807) is 17.2 Å². The summed E-state index contributed by atoms with van der Waals surface area (Å²) in [7, 11) is 5.98. The lowest BCUT2D eigenvalue weighted by Gasteiger charge is -2.37. The number of aromatic nitrogens is 1. The van der Waals surface area contributed by atoms with E-state index in [0.29, 0.717) is 36.6 Å². The molecule has 1 amide bonds. The first-order valence-corrected chi connectivity index (χ1v) is 11.7. The van der Waals surface area contributed by atoms with Crippen molar-refractivity contribution in [2.45, 2.75) is 32.5 Å². The van der Waals surface area contributed by atoms with Gasteiger partial charge in [0.15, 0.2) is 0 Å². The van der Waals surface area contributed by atoms with Crippen LogP contribution in [-0.2, 0) is 6.54 Å². The van der Waals surface area contributed by atoms with Gasteiger partial charge in [-0.1, -0.05) is 49.1 Å². The minimum atomic E-state index is -0.313. The fourth-order valence-electron chi connectivity index (χ4n) is 3.96. The Hall–Kier alpha value is -2.92. The molecule has 0 bridgehead atoms. The number of amides is 1. The summed E-state index contributed by atoms with van der Waals surface area (Å²) in [5, 5.41) is 9.82. The molecule has 1 aromatic heterocycles. The predicted octanol–water partition coefficient (Wildman–Crippen LogP) is 2.35. The Morgan fingerprint density at radius 3 is 2.68 bits per heavy atom. The molecule has 182 valence electrons. The minimum Gasteiger partial charge on any atom is -0.472 e. The van der Waals surface area contributed by atoms with E-state index in [9.17, 15) is 9.90 Å². The lowest BCUT2D eigenvalue weighted by Crippen LogP contribution is -2.49. The molecule has 3 rings (SSSR count). The van der Waals surface area contributed by atoms with E-state index in [0.717, 1.165) is 6.54 Å². The Balaban J connectivity index is 1.89. The van der Waals surface area contributed by atoms with Crippen LogP contribution in [0.2, 0.25) is 0 Å². The summed E-state index contributed by atoms with van der Waals surface area (Å²) >= 11 is 0. The fraction of sp³-hybridized carbons (Fsp3) is 0.481. The number of aliphatic hydroxyl groups is 1. The molecule has 34 heavy (non-hydrogen) atoms. The van der Waals surface area contributed by atoms with Gasteiger partial charge in [-0.05, 0) is 39.7 Å². The first-order chi connectivity index (χ1) is 16.3. The van der Waals surface area contributed by atoms with Crippen molar-refractivity contribution in [3.63, 3.8) is 0 Å². The van der Waals surface area contributed by atoms with Gasteiger partial charge in [0.05, 0.1) is 19.2 Å². The van der Waals surface area contributed by atoms with Crippen LogP contribution in [-0.4, -0.2) is 90.2 Å². The van der Waals surface area contributed by atoms with Gasteiger partial charge in [0, 0.05) is 37.3 Å². The Kier molecular flexibility index (Phi) is 9.05. The van der Waals surface area contributed by atoms with Crippen molar-refractivity contribution in [2.24, 2.45) is 5.92 Å². The number of carbonyl (C=O) groups excluding carboxylic acids is 1. The Morgan fingerprint density at radius 1 is 1.26 bits per heavy atom. The van der Waals surface area contributed by atoms with E-state index >= 15 is 0 Å². The Morgan fingerprint density at radius 2 is 2.00 bits per heavy atom. The van der Waals surface area contributed by atoms with Crippen molar-refractivity contribution in [1.29, 1.82) is 0 Å². The Bertz CT molecular complexity index is 1020. The largest absolute Gasteiger partial charge is 0.472 e. The van der Waals surface area contributed by atoms with Crippen molar-refractivity contribution in [2.75, 3.05) is 47.4 Å². The van der Waals surface area contributed by atoms with Gasteiger partial charge in [0.2, 0.25) is 5.88 Å². The van der Waals surface area contributed by atoms with Gasteiger partial charge in [0.25, 0.3) is 5.91 Å². The molecular weight excluding hydrogens is 428 g/mol. The van der Waals surface area contributed by atoms with Crippen LogP contribution in [0.4, 0.5) is 0 Å². The second-order valence-corrected chi connectivity index (χ2v) is 9.42. The molecule has 0 spiro atoms. The van der Waals surface area contributed by atoms with Crippen LogP contribution in [0.3, 0.4) is 0 Å². The highest BCUT2D eigenvalue weighted by atomic mass is 16.5. The van der Waals surface area contributed by atoms with Crippen LogP contribution in [0.1, 0.15) is 35.3 Å². The molecule has 2 aromatic rings. The van der Waals surface area contributed by atoms with Gasteiger partial charge in [-0.3, -0.25) is 14.6 Å². The van der Waals surface area contributed by atoms with Crippen LogP contribution < -0.4 is 4.74 Å². The highest BCUT2D eigenvalue weighted by Gasteiger charge is 2.34. The van der Waals surface area contributed by atoms with Gasteiger partial charge >= 0.3 is 0 Å². The van der Waals surface area contributed by atoms with Gasteiger partial charge in [-0.25, -0.2) is 4.98 Å². The first kappa shape index (κ1) is 25.7. The van der Waals surface area contributed by atoms with E-state index in [4.69, 9.17) is 4.74 Å². The SMILES string of the molecule is C[C@@H]1CN([C@@H](C)CO)C(=O)c2cc(C#CCN(C)C)cnc2O[C@H]1CN(C)Cc1ccccc1. The average molecular weight is 465 g/mol. The normalized spacial score (nSPS) is 19.1. The summed E-state index contributed by atoms with van der Waals surface area (Å²) in [6.07, 6.45) is 1.48. The number of hydrogen-bond donors (Lipinski definition) is 1. The van der Waals surface area contributed by atoms with Gasteiger partial charge in [-0.2, -0.15) is 0 Å². The van der Waals surface area contributed by atoms with E-state index < -0.39 is 0 Å². The summed E-state index contributed by atoms with van der Waals surface area (Å²) < 4.78 is 6.37. The second-order valence-electron chi connectivity index (χ2n) is 9.42. The predicted molar refractivity (Wildman–Crippen MR) is 134 cm³/mol. The van der Waals surface area contributed by atoms with E-state index in [2.05, 4.69) is 47.8 Å². The van der Waals surface area contributed by atoms with Crippen molar-refractivity contribution < 1.29 is 14.6 Å². The van der Waals surface area contributed by atoms with Crippen molar-refractivity contribution in [3.8, 4) is 17.7 Å². The quantitative estimate of drug-likeness (QED) is 0.635. The maximum Gasteiger partial charge on any atom is 0.259 e. The molecule has 0 fully saturated rings. The molecule has 0 saturated carbocycles. The number of nitrogens with zero attached hydrogens (tertiary/aromatic N) is 4. The molecular formula is C27H36N4O3. The van der Waals surface area contributed by atoms with Crippen LogP contribution in [0.15, 0.2) is 42.6 Å². The third kappa shape index (κ3) is 6.80. The van der Waals surface area contributed by atoms with Crippen LogP contribution in [0, 0.1) is 17.8 Å². The lowest BCUT2D eigenvalue weighted by molar-refractivity contribution is 0.0325. The highest BCUT2D eigenvalue weighted by molar-refractivity contribution is 5.97. The Labute approximate surface area is 203 Å². The molecule has 2 heterocycles. The average Bonchev–Trinajstić information content (AvgIpc) is 2.81. The summed E-state index contributed by atoms with van der Waals surface area (Å²) in [4.78, 5) is 23.9. The van der Waals surface area contributed by atoms with Gasteiger partial charge in [0.1, 0.15) is 11.7 Å². The lowest BCUT2D eigenvalue weighted by atomic mass is 9.99. The number of aliphatic hydroxyl groups excluding tert-OH is 1. The van der Waals surface area contributed by atoms with Crippen LogP contribution >= 0.6 is 0 Å². The number of likely N-dealkylation sites (N-methyl/N-ethyl adjacent to an activating group) is 1. The molecule has 1 aliphatic rings. The topological polar surface area (TPSA) is 69.1 Å². The zero-order chi connectivity index (χ0) is 24.7. The van der Waals surface area contributed by atoms with E-state index in [-0.39, 0.29) is 30.6 Å². The maximum absolute atomic E-state index is 13.5. The first-order valence-electron chi connectivity index (χ1n) is 11.7. The molecule has 0 aliphatic carbocycles. The van der Waals surface area contributed by atoms with Crippen molar-refractivity contribution >= 4 is 5.91 Å². The van der Waals surface area contributed by atoms with Crippen LogP contribution in [0.5, 0.6) is 5.88 Å². The summed E-state index contributed by atoms with van der Waals surface area (Å²) in [5.41, 5.74) is 2.29. The summed E-state index contributed by atoms with van der Waals surface area (Å²) in [6, 6.07) is 11.8. The number of pyridine rings is 1. The monoisotopic (exact) mass is 464 g/mol. The van der Waals surface area contributed by atoms with E-state index in [1.165, 1.54) is 5.56 Å². The number of hydrogen-bond acceptors (Lipinski definition) is 6. The number of benzene rings is 1. The third-order valence-corrected chi connectivity index (χ3v) is 5.94. The molecule has 1 N–H and O–H groups in total. The molecule has 1 aliphatic heterocycles. The number of rotatable bonds is 7. The van der Waals surface area contributed by atoms with Gasteiger partial charge in [-0.15, -0.1) is 0 Å². The fourth-order valence-corrected chi connectivity index (χ4v) is 3.96. The molecule has 0 radical (unpaired) electrons. The van der Waals surface area contributed by atoms with Gasteiger partial charge < -0.3 is 14.7 Å². The second kappa shape index (κ2) is 12.0. The zero-order valence-electron chi connectivity index (χ0n) is 20.9. The van der Waals surface area contributed by atoms with Crippen molar-refractivity contribution in [3.05, 3.63) is 59.3 Å². The molecule has 3 atom stereocenters. The number of fused-ring (bicyclic) bond motifs is 1. The molecule has 0 unspecified atom stereocenters. The van der Waals surface area contributed by atoms with E-state index in [1.807, 2.05) is 44.1 Å². The highest BCUT2D eigenvalue weighted by Crippen LogP contribution is 2.27. The molecule has 0 saturated heterocycles. The van der Waals surface area contributed by atoms with Crippen LogP contribution in [0.25, 0.3) is 0 Å². The number of ether oxygens (including phenoxy) is 1. The standard InChI is InChI=1S/C27H36N4O3/c1-20-16-31(21(2)19-32)27(33)24-14-23(12-9-13-29(3)4)15-28-26(24)34-25(20)18-30(5)17-22-10-7-6-8-11-22/h6-8,10-11,14-15,20-21,25,32H,13,16-19H2,1-5H3/t20-,21+,25+/m1/s1. The summed E-state index contributed by atoms with van der Waals surface area (Å²) in [5.74, 6) is 6.34.